The van der Waals surface area contributed by atoms with E-state index in [1.54, 1.807) is 0 Å². The average molecular weight is 273 g/mol. The topological polar surface area (TPSA) is 20.2 Å². The SMILES string of the molecule is O[C@H]1CSC(C[Se]c2ccccc2)C1. The van der Waals surface area contributed by atoms with E-state index < -0.39 is 0 Å². The van der Waals surface area contributed by atoms with E-state index in [4.69, 9.17) is 0 Å². The molecule has 1 aromatic carbocycles. The molecule has 1 N–H and O–H groups in total. The quantitative estimate of drug-likeness (QED) is 0.838. The van der Waals surface area contributed by atoms with E-state index in [1.165, 1.54) is 9.78 Å². The second-order valence-corrected chi connectivity index (χ2v) is 7.10. The molecule has 3 heteroatoms. The van der Waals surface area contributed by atoms with Crippen molar-refractivity contribution in [3.05, 3.63) is 30.3 Å². The third kappa shape index (κ3) is 3.03. The predicted octanol–water partition coefficient (Wildman–Crippen LogP) is 1.30. The Bertz CT molecular complexity index is 278. The van der Waals surface area contributed by atoms with Gasteiger partial charge in [-0.05, 0) is 0 Å². The van der Waals surface area contributed by atoms with Crippen LogP contribution in [0.3, 0.4) is 0 Å². The Morgan fingerprint density at radius 2 is 2.14 bits per heavy atom. The minimum atomic E-state index is -0.0448. The molecule has 0 aromatic heterocycles. The van der Waals surface area contributed by atoms with Crippen molar-refractivity contribution in [1.29, 1.82) is 0 Å². The molecule has 1 saturated heterocycles. The van der Waals surface area contributed by atoms with Gasteiger partial charge in [0.15, 0.2) is 0 Å². The third-order valence-corrected chi connectivity index (χ3v) is 6.59. The van der Waals surface area contributed by atoms with Gasteiger partial charge in [-0.1, -0.05) is 0 Å². The second-order valence-electron chi connectivity index (χ2n) is 3.47. The van der Waals surface area contributed by atoms with Gasteiger partial charge in [-0.15, -0.1) is 0 Å². The zero-order chi connectivity index (χ0) is 9.80. The van der Waals surface area contributed by atoms with Gasteiger partial charge in [0.2, 0.25) is 0 Å². The van der Waals surface area contributed by atoms with Gasteiger partial charge in [-0.25, -0.2) is 0 Å². The van der Waals surface area contributed by atoms with Crippen LogP contribution in [0, 0.1) is 0 Å². The van der Waals surface area contributed by atoms with Crippen LogP contribution in [-0.2, 0) is 0 Å². The maximum atomic E-state index is 9.38. The summed E-state index contributed by atoms with van der Waals surface area (Å²) in [4.78, 5) is 0. The van der Waals surface area contributed by atoms with E-state index in [1.807, 2.05) is 11.8 Å². The summed E-state index contributed by atoms with van der Waals surface area (Å²) in [6.07, 6.45) is 0.954. The van der Waals surface area contributed by atoms with E-state index in [-0.39, 0.29) is 6.10 Å². The zero-order valence-electron chi connectivity index (χ0n) is 7.93. The van der Waals surface area contributed by atoms with Crippen molar-refractivity contribution in [2.45, 2.75) is 23.1 Å². The summed E-state index contributed by atoms with van der Waals surface area (Å²) in [5.74, 6) is 0.940. The number of thioether (sulfide) groups is 1. The predicted molar refractivity (Wildman–Crippen MR) is 63.5 cm³/mol. The summed E-state index contributed by atoms with van der Waals surface area (Å²) in [6.45, 7) is 0. The van der Waals surface area contributed by atoms with Gasteiger partial charge in [-0.3, -0.25) is 0 Å². The van der Waals surface area contributed by atoms with Crippen LogP contribution in [0.2, 0.25) is 5.32 Å². The van der Waals surface area contributed by atoms with Crippen LogP contribution >= 0.6 is 11.8 Å². The molecule has 1 unspecified atom stereocenters. The fourth-order valence-corrected chi connectivity index (χ4v) is 5.37. The van der Waals surface area contributed by atoms with Crippen molar-refractivity contribution < 1.29 is 5.11 Å². The molecular weight excluding hydrogens is 259 g/mol. The van der Waals surface area contributed by atoms with E-state index in [0.29, 0.717) is 20.2 Å². The van der Waals surface area contributed by atoms with Crippen LogP contribution < -0.4 is 4.46 Å². The third-order valence-electron chi connectivity index (χ3n) is 2.24. The van der Waals surface area contributed by atoms with Gasteiger partial charge >= 0.3 is 95.5 Å². The van der Waals surface area contributed by atoms with E-state index >= 15 is 0 Å². The van der Waals surface area contributed by atoms with Crippen LogP contribution in [0.5, 0.6) is 0 Å². The van der Waals surface area contributed by atoms with Crippen LogP contribution in [0.4, 0.5) is 0 Å². The van der Waals surface area contributed by atoms with Gasteiger partial charge in [0.05, 0.1) is 0 Å². The van der Waals surface area contributed by atoms with Crippen molar-refractivity contribution in [3.8, 4) is 0 Å². The first-order valence-electron chi connectivity index (χ1n) is 4.82. The molecule has 0 aliphatic carbocycles. The van der Waals surface area contributed by atoms with Gasteiger partial charge in [0, 0.05) is 0 Å². The van der Waals surface area contributed by atoms with Crippen molar-refractivity contribution in [3.63, 3.8) is 0 Å². The fraction of sp³-hybridized carbons (Fsp3) is 0.455. The van der Waals surface area contributed by atoms with E-state index in [2.05, 4.69) is 30.3 Å². The minimum absolute atomic E-state index is 0.0448. The Kier molecular flexibility index (Phi) is 3.94. The first-order chi connectivity index (χ1) is 6.84. The van der Waals surface area contributed by atoms with Crippen LogP contribution in [0.15, 0.2) is 30.3 Å². The van der Waals surface area contributed by atoms with Crippen LogP contribution in [0.25, 0.3) is 0 Å². The number of rotatable bonds is 3. The molecule has 14 heavy (non-hydrogen) atoms. The van der Waals surface area contributed by atoms with E-state index in [9.17, 15) is 5.11 Å². The number of hydrogen-bond donors (Lipinski definition) is 1. The summed E-state index contributed by atoms with van der Waals surface area (Å²) in [7, 11) is 0. The molecule has 1 aliphatic rings. The molecule has 0 spiro atoms. The van der Waals surface area contributed by atoms with Crippen LogP contribution in [-0.4, -0.2) is 37.2 Å². The fourth-order valence-electron chi connectivity index (χ4n) is 1.51. The van der Waals surface area contributed by atoms with Gasteiger partial charge < -0.3 is 0 Å². The summed E-state index contributed by atoms with van der Waals surface area (Å²) in [5, 5.41) is 11.3. The number of aliphatic hydroxyl groups is 1. The van der Waals surface area contributed by atoms with Crippen molar-refractivity contribution in [1.82, 2.24) is 0 Å². The van der Waals surface area contributed by atoms with E-state index in [0.717, 1.165) is 12.2 Å². The molecule has 1 nitrogen and oxygen atoms in total. The van der Waals surface area contributed by atoms with Crippen LogP contribution in [0.1, 0.15) is 6.42 Å². The summed E-state index contributed by atoms with van der Waals surface area (Å²) >= 11 is 2.52. The molecule has 1 aromatic rings. The van der Waals surface area contributed by atoms with Crippen molar-refractivity contribution >= 4 is 31.2 Å². The molecule has 1 aliphatic heterocycles. The Morgan fingerprint density at radius 1 is 1.36 bits per heavy atom. The summed E-state index contributed by atoms with van der Waals surface area (Å²) in [6, 6.07) is 10.7. The molecule has 2 atom stereocenters. The molecule has 1 fully saturated rings. The number of hydrogen-bond acceptors (Lipinski definition) is 2. The first-order valence-corrected chi connectivity index (χ1v) is 7.94. The second kappa shape index (κ2) is 5.22. The summed E-state index contributed by atoms with van der Waals surface area (Å²) in [5.41, 5.74) is 0. The standard InChI is InChI=1S/C11H14OSSe/c12-9-6-10(13-7-9)8-14-11-4-2-1-3-5-11/h1-5,9-10,12H,6-8H2/t9-,10?/m1/s1. The zero-order valence-corrected chi connectivity index (χ0v) is 10.5. The molecular formula is C11H14OSSe. The molecule has 1 heterocycles. The maximum absolute atomic E-state index is 9.38. The Balaban J connectivity index is 1.78. The Morgan fingerprint density at radius 3 is 2.79 bits per heavy atom. The van der Waals surface area contributed by atoms with Gasteiger partial charge in [0.1, 0.15) is 0 Å². The Labute approximate surface area is 95.4 Å². The van der Waals surface area contributed by atoms with Crippen molar-refractivity contribution in [2.75, 3.05) is 5.75 Å². The number of benzene rings is 1. The molecule has 0 saturated carbocycles. The molecule has 0 bridgehead atoms. The normalized spacial score (nSPS) is 26.6. The van der Waals surface area contributed by atoms with Gasteiger partial charge in [0.25, 0.3) is 0 Å². The average Bonchev–Trinajstić information content (AvgIpc) is 2.63. The monoisotopic (exact) mass is 274 g/mol. The number of aliphatic hydroxyl groups excluding tert-OH is 1. The molecule has 76 valence electrons. The molecule has 2 rings (SSSR count). The first kappa shape index (κ1) is 10.6. The van der Waals surface area contributed by atoms with Crippen molar-refractivity contribution in [2.24, 2.45) is 0 Å². The van der Waals surface area contributed by atoms with Gasteiger partial charge in [-0.2, -0.15) is 0 Å². The summed E-state index contributed by atoms with van der Waals surface area (Å²) < 4.78 is 1.47. The molecule has 0 radical (unpaired) electrons. The molecule has 0 amide bonds. The Hall–Kier alpha value is 0.0495.